The average molecular weight is 187 g/mol. The van der Waals surface area contributed by atoms with Gasteiger partial charge in [-0.15, -0.1) is 0 Å². The normalized spacial score (nSPS) is 18.6. The summed E-state index contributed by atoms with van der Waals surface area (Å²) in [7, 11) is 0. The predicted molar refractivity (Wildman–Crippen MR) is 55.7 cm³/mol. The number of hydrogen-bond donors (Lipinski definition) is 2. The Hall–Kier alpha value is -1.35. The maximum absolute atomic E-state index is 6.09. The highest BCUT2D eigenvalue weighted by molar-refractivity contribution is 5.74. The highest BCUT2D eigenvalue weighted by atomic mass is 14.8. The number of hydrogen-bond acceptors (Lipinski definition) is 2. The second-order valence-electron chi connectivity index (χ2n) is 4.01. The molecule has 3 N–H and O–H groups in total. The molecule has 1 aliphatic rings. The van der Waals surface area contributed by atoms with Crippen molar-refractivity contribution in [1.29, 1.82) is 0 Å². The summed E-state index contributed by atoms with van der Waals surface area (Å²) in [6.45, 7) is 0. The molecule has 72 valence electrons. The van der Waals surface area contributed by atoms with Gasteiger partial charge in [0, 0.05) is 12.2 Å². The van der Waals surface area contributed by atoms with E-state index in [0.29, 0.717) is 5.92 Å². The monoisotopic (exact) mass is 187 g/mol. The summed E-state index contributed by atoms with van der Waals surface area (Å²) in [5.41, 5.74) is 9.21. The molecule has 2 heterocycles. The summed E-state index contributed by atoms with van der Waals surface area (Å²) in [5, 5.41) is 0. The Labute approximate surface area is 82.3 Å². The van der Waals surface area contributed by atoms with Gasteiger partial charge in [-0.2, -0.15) is 0 Å². The number of nitrogens with one attached hydrogen (secondary N) is 1. The van der Waals surface area contributed by atoms with Crippen molar-refractivity contribution in [2.75, 3.05) is 0 Å². The van der Waals surface area contributed by atoms with E-state index in [1.807, 2.05) is 18.3 Å². The molecular weight excluding hydrogens is 174 g/mol. The van der Waals surface area contributed by atoms with Crippen LogP contribution in [0.5, 0.6) is 0 Å². The van der Waals surface area contributed by atoms with Crippen molar-refractivity contribution < 1.29 is 0 Å². The summed E-state index contributed by atoms with van der Waals surface area (Å²) in [6, 6.07) is 6.20. The molecule has 1 saturated carbocycles. The van der Waals surface area contributed by atoms with Crippen molar-refractivity contribution in [1.82, 2.24) is 9.97 Å². The lowest BCUT2D eigenvalue weighted by Crippen LogP contribution is -2.13. The number of pyridine rings is 1. The standard InChI is InChI=1S/C11H13N3/c12-11(7-1-2-7)10-4-3-8-9(14-10)5-6-13-8/h3-7,11,13H,1-2,12H2. The van der Waals surface area contributed by atoms with Crippen molar-refractivity contribution in [3.05, 3.63) is 30.1 Å². The molecule has 3 rings (SSSR count). The van der Waals surface area contributed by atoms with E-state index in [-0.39, 0.29) is 6.04 Å². The molecule has 0 aromatic carbocycles. The van der Waals surface area contributed by atoms with Crippen LogP contribution in [0.15, 0.2) is 24.4 Å². The van der Waals surface area contributed by atoms with E-state index in [9.17, 15) is 0 Å². The third kappa shape index (κ3) is 1.21. The zero-order valence-corrected chi connectivity index (χ0v) is 7.90. The van der Waals surface area contributed by atoms with E-state index < -0.39 is 0 Å². The fourth-order valence-corrected chi connectivity index (χ4v) is 1.83. The van der Waals surface area contributed by atoms with E-state index in [4.69, 9.17) is 5.73 Å². The van der Waals surface area contributed by atoms with Gasteiger partial charge >= 0.3 is 0 Å². The van der Waals surface area contributed by atoms with Crippen LogP contribution >= 0.6 is 0 Å². The van der Waals surface area contributed by atoms with Crippen molar-refractivity contribution in [3.8, 4) is 0 Å². The Morgan fingerprint density at radius 1 is 1.36 bits per heavy atom. The van der Waals surface area contributed by atoms with Crippen LogP contribution in [0.4, 0.5) is 0 Å². The van der Waals surface area contributed by atoms with E-state index >= 15 is 0 Å². The molecule has 0 bridgehead atoms. The van der Waals surface area contributed by atoms with Gasteiger partial charge in [0.15, 0.2) is 0 Å². The Morgan fingerprint density at radius 3 is 3.00 bits per heavy atom. The highest BCUT2D eigenvalue weighted by Crippen LogP contribution is 2.38. The number of nitrogens with two attached hydrogens (primary N) is 1. The van der Waals surface area contributed by atoms with Gasteiger partial charge < -0.3 is 10.7 Å². The minimum Gasteiger partial charge on any atom is -0.360 e. The predicted octanol–water partition coefficient (Wildman–Crippen LogP) is 1.97. The van der Waals surface area contributed by atoms with Crippen LogP contribution in [-0.4, -0.2) is 9.97 Å². The Balaban J connectivity index is 2.03. The number of nitrogens with zero attached hydrogens (tertiary/aromatic N) is 1. The van der Waals surface area contributed by atoms with Crippen LogP contribution in [0.3, 0.4) is 0 Å². The van der Waals surface area contributed by atoms with Gasteiger partial charge in [-0.05, 0) is 37.0 Å². The third-order valence-electron chi connectivity index (χ3n) is 2.90. The van der Waals surface area contributed by atoms with Crippen LogP contribution in [0.1, 0.15) is 24.6 Å². The van der Waals surface area contributed by atoms with Gasteiger partial charge in [0.25, 0.3) is 0 Å². The largest absolute Gasteiger partial charge is 0.360 e. The van der Waals surface area contributed by atoms with Crippen LogP contribution < -0.4 is 5.73 Å². The zero-order chi connectivity index (χ0) is 9.54. The molecule has 3 heteroatoms. The summed E-state index contributed by atoms with van der Waals surface area (Å²) in [6.07, 6.45) is 4.42. The Kier molecular flexibility index (Phi) is 1.61. The van der Waals surface area contributed by atoms with E-state index in [1.165, 1.54) is 12.8 Å². The molecule has 0 amide bonds. The minimum atomic E-state index is 0.134. The number of aromatic nitrogens is 2. The van der Waals surface area contributed by atoms with Crippen molar-refractivity contribution in [2.45, 2.75) is 18.9 Å². The topological polar surface area (TPSA) is 54.7 Å². The van der Waals surface area contributed by atoms with Crippen molar-refractivity contribution in [2.24, 2.45) is 11.7 Å². The van der Waals surface area contributed by atoms with Crippen LogP contribution in [0.25, 0.3) is 11.0 Å². The maximum Gasteiger partial charge on any atom is 0.0882 e. The Bertz CT molecular complexity index is 456. The molecule has 1 aliphatic carbocycles. The fraction of sp³-hybridized carbons (Fsp3) is 0.364. The van der Waals surface area contributed by atoms with E-state index in [0.717, 1.165) is 16.7 Å². The van der Waals surface area contributed by atoms with Gasteiger partial charge in [0.1, 0.15) is 0 Å². The van der Waals surface area contributed by atoms with Gasteiger partial charge in [0.2, 0.25) is 0 Å². The SMILES string of the molecule is NC(c1ccc2[nH]ccc2n1)C1CC1. The number of H-pyrrole nitrogens is 1. The molecule has 3 nitrogen and oxygen atoms in total. The molecule has 1 fully saturated rings. The van der Waals surface area contributed by atoms with Gasteiger partial charge in [-0.3, -0.25) is 0 Å². The molecule has 0 spiro atoms. The second kappa shape index (κ2) is 2.82. The number of fused-ring (bicyclic) bond motifs is 1. The maximum atomic E-state index is 6.09. The van der Waals surface area contributed by atoms with Crippen molar-refractivity contribution in [3.63, 3.8) is 0 Å². The molecule has 14 heavy (non-hydrogen) atoms. The van der Waals surface area contributed by atoms with Gasteiger partial charge in [-0.25, -0.2) is 4.98 Å². The van der Waals surface area contributed by atoms with Crippen LogP contribution in [-0.2, 0) is 0 Å². The third-order valence-corrected chi connectivity index (χ3v) is 2.90. The van der Waals surface area contributed by atoms with Gasteiger partial charge in [0.05, 0.1) is 16.7 Å². The molecule has 2 aromatic rings. The molecule has 1 atom stereocenters. The Morgan fingerprint density at radius 2 is 2.21 bits per heavy atom. The lowest BCUT2D eigenvalue weighted by Gasteiger charge is -2.08. The molecule has 0 radical (unpaired) electrons. The summed E-state index contributed by atoms with van der Waals surface area (Å²) >= 11 is 0. The van der Waals surface area contributed by atoms with Crippen LogP contribution in [0, 0.1) is 5.92 Å². The molecule has 1 unspecified atom stereocenters. The molecular formula is C11H13N3. The highest BCUT2D eigenvalue weighted by Gasteiger charge is 2.30. The first-order chi connectivity index (χ1) is 6.84. The van der Waals surface area contributed by atoms with Crippen LogP contribution in [0.2, 0.25) is 0 Å². The fourth-order valence-electron chi connectivity index (χ4n) is 1.83. The smallest absolute Gasteiger partial charge is 0.0882 e. The zero-order valence-electron chi connectivity index (χ0n) is 7.90. The molecule has 0 aliphatic heterocycles. The summed E-state index contributed by atoms with van der Waals surface area (Å²) < 4.78 is 0. The first-order valence-electron chi connectivity index (χ1n) is 5.04. The summed E-state index contributed by atoms with van der Waals surface area (Å²) in [5.74, 6) is 0.666. The first kappa shape index (κ1) is 8.00. The lowest BCUT2D eigenvalue weighted by molar-refractivity contribution is 0.617. The van der Waals surface area contributed by atoms with E-state index in [2.05, 4.69) is 16.0 Å². The van der Waals surface area contributed by atoms with E-state index in [1.54, 1.807) is 0 Å². The van der Waals surface area contributed by atoms with Gasteiger partial charge in [-0.1, -0.05) is 0 Å². The quantitative estimate of drug-likeness (QED) is 0.755. The minimum absolute atomic E-state index is 0.134. The molecule has 0 saturated heterocycles. The number of aromatic amines is 1. The van der Waals surface area contributed by atoms with Crippen molar-refractivity contribution >= 4 is 11.0 Å². The molecule has 2 aromatic heterocycles. The number of rotatable bonds is 2. The summed E-state index contributed by atoms with van der Waals surface area (Å²) in [4.78, 5) is 7.67. The lowest BCUT2D eigenvalue weighted by atomic mass is 10.1. The second-order valence-corrected chi connectivity index (χ2v) is 4.01. The first-order valence-corrected chi connectivity index (χ1v) is 5.04. The average Bonchev–Trinajstić information content (AvgIpc) is 2.95.